The summed E-state index contributed by atoms with van der Waals surface area (Å²) in [6.07, 6.45) is 30.4. The SMILES string of the molecule is CCCCCCCCc1cc(CC)cc(CCCCCCCC)c1CCCCCCCC. The maximum atomic E-state index is 2.59. The predicted octanol–water partition coefficient (Wildman–Crippen LogP) is 11.0. The molecule has 186 valence electrons. The van der Waals surface area contributed by atoms with Crippen molar-refractivity contribution in [2.24, 2.45) is 0 Å². The van der Waals surface area contributed by atoms with Gasteiger partial charge in [0.15, 0.2) is 0 Å². The van der Waals surface area contributed by atoms with Gasteiger partial charge in [-0.05, 0) is 67.2 Å². The smallest absolute Gasteiger partial charge is 0.0273 e. The Morgan fingerprint density at radius 3 is 1.12 bits per heavy atom. The molecule has 0 fully saturated rings. The highest BCUT2D eigenvalue weighted by molar-refractivity contribution is 5.40. The lowest BCUT2D eigenvalue weighted by Crippen LogP contribution is -2.04. The van der Waals surface area contributed by atoms with Crippen molar-refractivity contribution in [3.63, 3.8) is 0 Å². The molecule has 0 N–H and O–H groups in total. The van der Waals surface area contributed by atoms with Crippen LogP contribution in [0.25, 0.3) is 0 Å². The standard InChI is InChI=1S/C32H58/c1-5-9-12-15-18-21-24-30-27-29(8-4)28-31(25-22-19-16-13-10-6-2)32(30)26-23-20-17-14-11-7-3/h27-28H,5-26H2,1-4H3. The predicted molar refractivity (Wildman–Crippen MR) is 147 cm³/mol. The minimum Gasteiger partial charge on any atom is -0.0654 e. The van der Waals surface area contributed by atoms with Crippen LogP contribution < -0.4 is 0 Å². The third kappa shape index (κ3) is 13.7. The summed E-state index contributed by atoms with van der Waals surface area (Å²) < 4.78 is 0. The minimum absolute atomic E-state index is 1.18. The highest BCUT2D eigenvalue weighted by Crippen LogP contribution is 2.26. The van der Waals surface area contributed by atoms with Gasteiger partial charge in [-0.15, -0.1) is 0 Å². The number of aryl methyl sites for hydroxylation is 3. The van der Waals surface area contributed by atoms with E-state index in [2.05, 4.69) is 39.8 Å². The summed E-state index contributed by atoms with van der Waals surface area (Å²) in [5.41, 5.74) is 6.78. The Balaban J connectivity index is 2.74. The number of benzene rings is 1. The first-order valence-electron chi connectivity index (χ1n) is 14.9. The maximum Gasteiger partial charge on any atom is -0.0273 e. The second-order valence-corrected chi connectivity index (χ2v) is 10.3. The Morgan fingerprint density at radius 2 is 0.750 bits per heavy atom. The van der Waals surface area contributed by atoms with Crippen LogP contribution in [0, 0.1) is 0 Å². The van der Waals surface area contributed by atoms with Crippen molar-refractivity contribution in [2.75, 3.05) is 0 Å². The largest absolute Gasteiger partial charge is 0.0654 e. The fourth-order valence-electron chi connectivity index (χ4n) is 5.11. The molecule has 0 bridgehead atoms. The molecule has 0 nitrogen and oxygen atoms in total. The van der Waals surface area contributed by atoms with Crippen molar-refractivity contribution >= 4 is 0 Å². The lowest BCUT2D eigenvalue weighted by molar-refractivity contribution is 0.593. The zero-order chi connectivity index (χ0) is 23.3. The Morgan fingerprint density at radius 1 is 0.406 bits per heavy atom. The molecule has 32 heavy (non-hydrogen) atoms. The van der Waals surface area contributed by atoms with Gasteiger partial charge >= 0.3 is 0 Å². The van der Waals surface area contributed by atoms with Crippen LogP contribution in [-0.2, 0) is 25.7 Å². The summed E-state index contributed by atoms with van der Waals surface area (Å²) in [6, 6.07) is 5.17. The quantitative estimate of drug-likeness (QED) is 0.157. The summed E-state index contributed by atoms with van der Waals surface area (Å²) in [7, 11) is 0. The van der Waals surface area contributed by atoms with Gasteiger partial charge in [-0.1, -0.05) is 136 Å². The minimum atomic E-state index is 1.18. The third-order valence-corrected chi connectivity index (χ3v) is 7.28. The van der Waals surface area contributed by atoms with Crippen LogP contribution in [0.4, 0.5) is 0 Å². The second-order valence-electron chi connectivity index (χ2n) is 10.3. The first-order valence-corrected chi connectivity index (χ1v) is 14.9. The fourth-order valence-corrected chi connectivity index (χ4v) is 5.11. The summed E-state index contributed by atoms with van der Waals surface area (Å²) in [5, 5.41) is 0. The van der Waals surface area contributed by atoms with E-state index in [1.54, 1.807) is 22.3 Å². The summed E-state index contributed by atoms with van der Waals surface area (Å²) in [6.45, 7) is 9.29. The Hall–Kier alpha value is -0.780. The van der Waals surface area contributed by atoms with Crippen LogP contribution in [0.15, 0.2) is 12.1 Å². The number of unbranched alkanes of at least 4 members (excludes halogenated alkanes) is 15. The van der Waals surface area contributed by atoms with Gasteiger partial charge in [0, 0.05) is 0 Å². The van der Waals surface area contributed by atoms with Gasteiger partial charge in [-0.25, -0.2) is 0 Å². The second kappa shape index (κ2) is 20.8. The first-order chi connectivity index (χ1) is 15.8. The number of hydrogen-bond donors (Lipinski definition) is 0. The van der Waals surface area contributed by atoms with Crippen LogP contribution in [0.1, 0.15) is 166 Å². The van der Waals surface area contributed by atoms with Crippen molar-refractivity contribution in [3.05, 3.63) is 34.4 Å². The Kier molecular flexibility index (Phi) is 19.0. The lowest BCUT2D eigenvalue weighted by Gasteiger charge is -2.18. The molecule has 0 aliphatic heterocycles. The number of hydrogen-bond acceptors (Lipinski definition) is 0. The van der Waals surface area contributed by atoms with E-state index in [1.807, 2.05) is 0 Å². The molecule has 0 atom stereocenters. The van der Waals surface area contributed by atoms with Crippen molar-refractivity contribution in [1.82, 2.24) is 0 Å². The van der Waals surface area contributed by atoms with Gasteiger partial charge in [0.25, 0.3) is 0 Å². The van der Waals surface area contributed by atoms with Crippen LogP contribution in [0.5, 0.6) is 0 Å². The lowest BCUT2D eigenvalue weighted by atomic mass is 9.88. The zero-order valence-corrected chi connectivity index (χ0v) is 22.7. The molecule has 0 amide bonds. The van der Waals surface area contributed by atoms with E-state index >= 15 is 0 Å². The molecule has 0 heteroatoms. The average molecular weight is 443 g/mol. The van der Waals surface area contributed by atoms with E-state index in [4.69, 9.17) is 0 Å². The first kappa shape index (κ1) is 29.3. The molecule has 0 heterocycles. The molecular formula is C32H58. The van der Waals surface area contributed by atoms with Crippen molar-refractivity contribution in [3.8, 4) is 0 Å². The summed E-state index contributed by atoms with van der Waals surface area (Å²) in [5.74, 6) is 0. The molecule has 0 aliphatic carbocycles. The van der Waals surface area contributed by atoms with E-state index in [1.165, 1.54) is 141 Å². The molecule has 1 rings (SSSR count). The maximum absolute atomic E-state index is 2.59. The average Bonchev–Trinajstić information content (AvgIpc) is 2.81. The van der Waals surface area contributed by atoms with Gasteiger partial charge < -0.3 is 0 Å². The van der Waals surface area contributed by atoms with Crippen LogP contribution >= 0.6 is 0 Å². The Bertz CT molecular complexity index is 504. The van der Waals surface area contributed by atoms with Crippen molar-refractivity contribution in [2.45, 2.75) is 169 Å². The molecule has 0 aromatic heterocycles. The molecule has 1 aromatic carbocycles. The van der Waals surface area contributed by atoms with Gasteiger partial charge in [-0.3, -0.25) is 0 Å². The normalized spacial score (nSPS) is 11.4. The fraction of sp³-hybridized carbons (Fsp3) is 0.812. The van der Waals surface area contributed by atoms with Gasteiger partial charge in [-0.2, -0.15) is 0 Å². The van der Waals surface area contributed by atoms with E-state index in [0.29, 0.717) is 0 Å². The van der Waals surface area contributed by atoms with Gasteiger partial charge in [0.2, 0.25) is 0 Å². The summed E-state index contributed by atoms with van der Waals surface area (Å²) in [4.78, 5) is 0. The van der Waals surface area contributed by atoms with Crippen LogP contribution in [-0.4, -0.2) is 0 Å². The van der Waals surface area contributed by atoms with E-state index in [0.717, 1.165) is 0 Å². The Labute approximate surface area is 203 Å². The zero-order valence-electron chi connectivity index (χ0n) is 22.7. The van der Waals surface area contributed by atoms with Gasteiger partial charge in [0.1, 0.15) is 0 Å². The molecule has 0 saturated heterocycles. The van der Waals surface area contributed by atoms with Crippen molar-refractivity contribution in [1.29, 1.82) is 0 Å². The highest BCUT2D eigenvalue weighted by Gasteiger charge is 2.11. The number of rotatable bonds is 22. The third-order valence-electron chi connectivity index (χ3n) is 7.28. The highest BCUT2D eigenvalue weighted by atomic mass is 14.2. The van der Waals surface area contributed by atoms with E-state index in [9.17, 15) is 0 Å². The van der Waals surface area contributed by atoms with Crippen molar-refractivity contribution < 1.29 is 0 Å². The van der Waals surface area contributed by atoms with E-state index < -0.39 is 0 Å². The topological polar surface area (TPSA) is 0 Å². The van der Waals surface area contributed by atoms with Crippen LogP contribution in [0.3, 0.4) is 0 Å². The molecule has 0 radical (unpaired) electrons. The molecule has 0 saturated carbocycles. The monoisotopic (exact) mass is 442 g/mol. The molecular weight excluding hydrogens is 384 g/mol. The molecule has 0 unspecified atom stereocenters. The molecule has 1 aromatic rings. The summed E-state index contributed by atoms with van der Waals surface area (Å²) >= 11 is 0. The molecule has 0 spiro atoms. The van der Waals surface area contributed by atoms with Gasteiger partial charge in [0.05, 0.1) is 0 Å². The van der Waals surface area contributed by atoms with Crippen LogP contribution in [0.2, 0.25) is 0 Å². The van der Waals surface area contributed by atoms with E-state index in [-0.39, 0.29) is 0 Å². The molecule has 0 aliphatic rings.